The number of hydrogen-bond acceptors (Lipinski definition) is 3. The molecule has 0 bridgehead atoms. The standard InChI is InChI=1S/C21H30N4O/c1-3-11-24-12-9-18(10-13-24)14-21(26)23-17(2)19-15-22-25(16-19)20-7-5-4-6-8-20/h4-8,15-18H,3,9-14H2,1-2H3,(H,23,26). The lowest BCUT2D eigenvalue weighted by Crippen LogP contribution is -2.36. The molecule has 2 aromatic rings. The summed E-state index contributed by atoms with van der Waals surface area (Å²) in [5.41, 5.74) is 2.05. The fourth-order valence-electron chi connectivity index (χ4n) is 3.66. The zero-order valence-electron chi connectivity index (χ0n) is 15.9. The number of aromatic nitrogens is 2. The zero-order chi connectivity index (χ0) is 18.4. The van der Waals surface area contributed by atoms with Crippen LogP contribution >= 0.6 is 0 Å². The number of piperidine rings is 1. The van der Waals surface area contributed by atoms with Crippen molar-refractivity contribution in [2.45, 2.75) is 45.6 Å². The topological polar surface area (TPSA) is 50.2 Å². The summed E-state index contributed by atoms with van der Waals surface area (Å²) in [5.74, 6) is 0.668. The Kier molecular flexibility index (Phi) is 6.45. The van der Waals surface area contributed by atoms with Crippen LogP contribution in [0, 0.1) is 5.92 Å². The normalized spacial score (nSPS) is 17.2. The molecule has 5 heteroatoms. The van der Waals surface area contributed by atoms with Gasteiger partial charge in [-0.25, -0.2) is 4.68 Å². The lowest BCUT2D eigenvalue weighted by molar-refractivity contribution is -0.123. The second kappa shape index (κ2) is 8.99. The zero-order valence-corrected chi connectivity index (χ0v) is 15.9. The van der Waals surface area contributed by atoms with Crippen molar-refractivity contribution in [3.8, 4) is 5.69 Å². The van der Waals surface area contributed by atoms with Crippen LogP contribution in [0.2, 0.25) is 0 Å². The van der Waals surface area contributed by atoms with Gasteiger partial charge in [-0.3, -0.25) is 4.79 Å². The summed E-state index contributed by atoms with van der Waals surface area (Å²) < 4.78 is 1.85. The van der Waals surface area contributed by atoms with Crippen molar-refractivity contribution in [2.75, 3.05) is 19.6 Å². The van der Waals surface area contributed by atoms with E-state index < -0.39 is 0 Å². The number of para-hydroxylation sites is 1. The number of nitrogens with one attached hydrogen (secondary N) is 1. The van der Waals surface area contributed by atoms with Crippen molar-refractivity contribution in [1.29, 1.82) is 0 Å². The Bertz CT molecular complexity index is 689. The van der Waals surface area contributed by atoms with Gasteiger partial charge < -0.3 is 10.2 Å². The highest BCUT2D eigenvalue weighted by Crippen LogP contribution is 2.21. The number of hydrogen-bond donors (Lipinski definition) is 1. The molecule has 5 nitrogen and oxygen atoms in total. The molecular formula is C21H30N4O. The molecule has 1 fully saturated rings. The van der Waals surface area contributed by atoms with Gasteiger partial charge in [0.1, 0.15) is 0 Å². The second-order valence-corrected chi connectivity index (χ2v) is 7.33. The summed E-state index contributed by atoms with van der Waals surface area (Å²) in [5, 5.41) is 7.55. The van der Waals surface area contributed by atoms with E-state index in [0.717, 1.165) is 37.2 Å². The number of rotatable bonds is 7. The molecule has 0 saturated carbocycles. The first-order chi connectivity index (χ1) is 12.7. The van der Waals surface area contributed by atoms with E-state index in [-0.39, 0.29) is 11.9 Å². The number of nitrogens with zero attached hydrogens (tertiary/aromatic N) is 3. The predicted molar refractivity (Wildman–Crippen MR) is 104 cm³/mol. The van der Waals surface area contributed by atoms with E-state index in [1.807, 2.05) is 54.3 Å². The van der Waals surface area contributed by atoms with Crippen molar-refractivity contribution in [3.05, 3.63) is 48.3 Å². The van der Waals surface area contributed by atoms with Gasteiger partial charge in [0.25, 0.3) is 0 Å². The fourth-order valence-corrected chi connectivity index (χ4v) is 3.66. The highest BCUT2D eigenvalue weighted by Gasteiger charge is 2.22. The van der Waals surface area contributed by atoms with Gasteiger partial charge in [0.15, 0.2) is 0 Å². The SMILES string of the molecule is CCCN1CCC(CC(=O)NC(C)c2cnn(-c3ccccc3)c2)CC1. The molecule has 1 saturated heterocycles. The van der Waals surface area contributed by atoms with Gasteiger partial charge in [-0.05, 0) is 63.9 Å². The summed E-state index contributed by atoms with van der Waals surface area (Å²) in [4.78, 5) is 14.9. The van der Waals surface area contributed by atoms with Crippen molar-refractivity contribution >= 4 is 5.91 Å². The van der Waals surface area contributed by atoms with Crippen LogP contribution in [-0.4, -0.2) is 40.2 Å². The van der Waals surface area contributed by atoms with Crippen LogP contribution in [0.1, 0.15) is 51.1 Å². The van der Waals surface area contributed by atoms with Gasteiger partial charge in [-0.1, -0.05) is 25.1 Å². The molecule has 0 aliphatic carbocycles. The molecule has 26 heavy (non-hydrogen) atoms. The minimum Gasteiger partial charge on any atom is -0.349 e. The molecule has 3 rings (SSSR count). The van der Waals surface area contributed by atoms with Crippen molar-refractivity contribution in [2.24, 2.45) is 5.92 Å². The van der Waals surface area contributed by atoms with Crippen LogP contribution < -0.4 is 5.32 Å². The van der Waals surface area contributed by atoms with Crippen LogP contribution in [-0.2, 0) is 4.79 Å². The van der Waals surface area contributed by atoms with Crippen LogP contribution in [0.5, 0.6) is 0 Å². The average molecular weight is 354 g/mol. The third-order valence-corrected chi connectivity index (χ3v) is 5.22. The molecule has 1 aromatic heterocycles. The fraction of sp³-hybridized carbons (Fsp3) is 0.524. The summed E-state index contributed by atoms with van der Waals surface area (Å²) in [7, 11) is 0. The number of carbonyl (C=O) groups is 1. The third kappa shape index (κ3) is 4.94. The van der Waals surface area contributed by atoms with E-state index in [9.17, 15) is 4.79 Å². The monoisotopic (exact) mass is 354 g/mol. The van der Waals surface area contributed by atoms with Crippen molar-refractivity contribution in [3.63, 3.8) is 0 Å². The van der Waals surface area contributed by atoms with E-state index in [1.165, 1.54) is 13.0 Å². The molecule has 1 aromatic carbocycles. The molecule has 0 spiro atoms. The Hall–Kier alpha value is -2.14. The molecule has 1 aliphatic heterocycles. The first kappa shape index (κ1) is 18.6. The maximum absolute atomic E-state index is 12.4. The smallest absolute Gasteiger partial charge is 0.220 e. The van der Waals surface area contributed by atoms with E-state index >= 15 is 0 Å². The molecule has 140 valence electrons. The third-order valence-electron chi connectivity index (χ3n) is 5.22. The summed E-state index contributed by atoms with van der Waals surface area (Å²) in [6.45, 7) is 7.69. The lowest BCUT2D eigenvalue weighted by atomic mass is 9.93. The lowest BCUT2D eigenvalue weighted by Gasteiger charge is -2.31. The van der Waals surface area contributed by atoms with Gasteiger partial charge in [0, 0.05) is 18.2 Å². The average Bonchev–Trinajstić information content (AvgIpc) is 3.15. The summed E-state index contributed by atoms with van der Waals surface area (Å²) in [6, 6.07) is 9.99. The predicted octanol–water partition coefficient (Wildman–Crippen LogP) is 3.56. The molecule has 1 aliphatic rings. The Morgan fingerprint density at radius 2 is 2.00 bits per heavy atom. The van der Waals surface area contributed by atoms with Gasteiger partial charge in [-0.2, -0.15) is 5.10 Å². The van der Waals surface area contributed by atoms with Crippen LogP contribution in [0.15, 0.2) is 42.7 Å². The Morgan fingerprint density at radius 1 is 1.27 bits per heavy atom. The van der Waals surface area contributed by atoms with E-state index in [0.29, 0.717) is 12.3 Å². The summed E-state index contributed by atoms with van der Waals surface area (Å²) in [6.07, 6.45) is 7.93. The number of carbonyl (C=O) groups excluding carboxylic acids is 1. The Morgan fingerprint density at radius 3 is 2.69 bits per heavy atom. The molecule has 1 amide bonds. The van der Waals surface area contributed by atoms with E-state index in [1.54, 1.807) is 0 Å². The van der Waals surface area contributed by atoms with Gasteiger partial charge in [-0.15, -0.1) is 0 Å². The number of benzene rings is 1. The van der Waals surface area contributed by atoms with E-state index in [4.69, 9.17) is 0 Å². The quantitative estimate of drug-likeness (QED) is 0.827. The molecule has 1 atom stereocenters. The molecular weight excluding hydrogens is 324 g/mol. The molecule has 1 N–H and O–H groups in total. The highest BCUT2D eigenvalue weighted by atomic mass is 16.1. The van der Waals surface area contributed by atoms with Crippen molar-refractivity contribution in [1.82, 2.24) is 20.0 Å². The molecule has 2 heterocycles. The highest BCUT2D eigenvalue weighted by molar-refractivity contribution is 5.76. The van der Waals surface area contributed by atoms with Gasteiger partial charge in [0.2, 0.25) is 5.91 Å². The van der Waals surface area contributed by atoms with Gasteiger partial charge >= 0.3 is 0 Å². The largest absolute Gasteiger partial charge is 0.349 e. The number of amides is 1. The first-order valence-electron chi connectivity index (χ1n) is 9.77. The summed E-state index contributed by atoms with van der Waals surface area (Å²) >= 11 is 0. The molecule has 0 radical (unpaired) electrons. The van der Waals surface area contributed by atoms with Crippen molar-refractivity contribution < 1.29 is 4.79 Å². The van der Waals surface area contributed by atoms with Crippen LogP contribution in [0.25, 0.3) is 5.69 Å². The minimum absolute atomic E-state index is 0.0276. The van der Waals surface area contributed by atoms with Crippen LogP contribution in [0.4, 0.5) is 0 Å². The Labute approximate surface area is 156 Å². The maximum atomic E-state index is 12.4. The number of likely N-dealkylation sites (tertiary alicyclic amines) is 1. The van der Waals surface area contributed by atoms with Crippen LogP contribution in [0.3, 0.4) is 0 Å². The Balaban J connectivity index is 1.48. The second-order valence-electron chi connectivity index (χ2n) is 7.33. The van der Waals surface area contributed by atoms with Gasteiger partial charge in [0.05, 0.1) is 17.9 Å². The maximum Gasteiger partial charge on any atom is 0.220 e. The minimum atomic E-state index is -0.0276. The molecule has 1 unspecified atom stereocenters. The first-order valence-corrected chi connectivity index (χ1v) is 9.77. The van der Waals surface area contributed by atoms with E-state index in [2.05, 4.69) is 22.2 Å².